The van der Waals surface area contributed by atoms with Crippen LogP contribution < -0.4 is 0 Å². The number of carbonyl (C=O) groups excluding carboxylic acids is 1. The first-order valence-electron chi connectivity index (χ1n) is 5.64. The fourth-order valence-electron chi connectivity index (χ4n) is 1.87. The second kappa shape index (κ2) is 4.79. The van der Waals surface area contributed by atoms with Crippen LogP contribution in [0.25, 0.3) is 11.0 Å². The van der Waals surface area contributed by atoms with Crippen LogP contribution >= 0.6 is 0 Å². The molecule has 4 heteroatoms. The number of fused-ring (bicyclic) bond motifs is 1. The predicted octanol–water partition coefficient (Wildman–Crippen LogP) is 2.54. The van der Waals surface area contributed by atoms with Gasteiger partial charge in [0.1, 0.15) is 5.82 Å². The Hall–Kier alpha value is -2.15. The van der Waals surface area contributed by atoms with E-state index in [1.807, 2.05) is 37.3 Å². The third-order valence-electron chi connectivity index (χ3n) is 2.58. The van der Waals surface area contributed by atoms with Crippen molar-refractivity contribution in [3.63, 3.8) is 0 Å². The fraction of sp³-hybridized carbons (Fsp3) is 0.308. The minimum absolute atomic E-state index is 0.00597. The van der Waals surface area contributed by atoms with Crippen molar-refractivity contribution < 1.29 is 4.79 Å². The second-order valence-corrected chi connectivity index (χ2v) is 3.83. The summed E-state index contributed by atoms with van der Waals surface area (Å²) in [5.74, 6) is 0.540. The minimum Gasteiger partial charge on any atom is -0.274 e. The monoisotopic (exact) mass is 227 g/mol. The number of nitriles is 1. The fourth-order valence-corrected chi connectivity index (χ4v) is 1.87. The lowest BCUT2D eigenvalue weighted by Gasteiger charge is -2.04. The molecule has 0 fully saturated rings. The number of hydrogen-bond donors (Lipinski definition) is 0. The molecule has 0 spiro atoms. The van der Waals surface area contributed by atoms with Gasteiger partial charge in [-0.05, 0) is 18.6 Å². The number of para-hydroxylation sites is 2. The first-order valence-corrected chi connectivity index (χ1v) is 5.64. The Bertz CT molecular complexity index is 592. The van der Waals surface area contributed by atoms with Gasteiger partial charge in [-0.25, -0.2) is 4.98 Å². The van der Waals surface area contributed by atoms with Gasteiger partial charge >= 0.3 is 0 Å². The van der Waals surface area contributed by atoms with Gasteiger partial charge in [0.15, 0.2) is 0 Å². The van der Waals surface area contributed by atoms with E-state index < -0.39 is 0 Å². The Morgan fingerprint density at radius 2 is 2.24 bits per heavy atom. The van der Waals surface area contributed by atoms with E-state index in [0.29, 0.717) is 12.2 Å². The van der Waals surface area contributed by atoms with Crippen LogP contribution in [-0.2, 0) is 6.42 Å². The second-order valence-electron chi connectivity index (χ2n) is 3.83. The number of benzene rings is 1. The van der Waals surface area contributed by atoms with Crippen LogP contribution in [0.2, 0.25) is 0 Å². The molecule has 1 aromatic heterocycles. The van der Waals surface area contributed by atoms with Gasteiger partial charge in [-0.15, -0.1) is 0 Å². The first kappa shape index (κ1) is 11.3. The van der Waals surface area contributed by atoms with Crippen molar-refractivity contribution in [2.24, 2.45) is 0 Å². The molecular weight excluding hydrogens is 214 g/mol. The molecule has 86 valence electrons. The van der Waals surface area contributed by atoms with Gasteiger partial charge in [0, 0.05) is 6.42 Å². The molecule has 0 bridgehead atoms. The quantitative estimate of drug-likeness (QED) is 0.809. The molecule has 0 amide bonds. The Morgan fingerprint density at radius 3 is 2.94 bits per heavy atom. The standard InChI is InChI=1S/C13H13N3O/c1-2-5-13(17)16-11-7-4-3-6-10(11)15-12(16)8-9-14/h3-4,6-7H,2,5,8H2,1H3. The molecule has 0 saturated heterocycles. The number of aromatic nitrogens is 2. The summed E-state index contributed by atoms with van der Waals surface area (Å²) in [5.41, 5.74) is 1.55. The highest BCUT2D eigenvalue weighted by Crippen LogP contribution is 2.17. The van der Waals surface area contributed by atoms with Crippen LogP contribution in [0.15, 0.2) is 24.3 Å². The lowest BCUT2D eigenvalue weighted by molar-refractivity contribution is 0.0904. The Labute approximate surface area is 99.5 Å². The normalized spacial score (nSPS) is 10.4. The summed E-state index contributed by atoms with van der Waals surface area (Å²) in [6, 6.07) is 9.50. The van der Waals surface area contributed by atoms with E-state index in [9.17, 15) is 4.79 Å². The zero-order valence-electron chi connectivity index (χ0n) is 9.68. The van der Waals surface area contributed by atoms with E-state index in [0.717, 1.165) is 17.5 Å². The predicted molar refractivity (Wildman–Crippen MR) is 64.6 cm³/mol. The van der Waals surface area contributed by atoms with E-state index >= 15 is 0 Å². The third kappa shape index (κ3) is 2.04. The SMILES string of the molecule is CCCC(=O)n1c(CC#N)nc2ccccc21. The smallest absolute Gasteiger partial charge is 0.232 e. The van der Waals surface area contributed by atoms with Crippen molar-refractivity contribution >= 4 is 16.9 Å². The van der Waals surface area contributed by atoms with E-state index in [2.05, 4.69) is 4.98 Å². The number of rotatable bonds is 3. The van der Waals surface area contributed by atoms with Crippen LogP contribution in [0.1, 0.15) is 30.4 Å². The van der Waals surface area contributed by atoms with Gasteiger partial charge in [-0.1, -0.05) is 19.1 Å². The molecule has 17 heavy (non-hydrogen) atoms. The lowest BCUT2D eigenvalue weighted by Crippen LogP contribution is -2.13. The molecule has 0 saturated carbocycles. The molecule has 4 nitrogen and oxygen atoms in total. The minimum atomic E-state index is 0.00597. The summed E-state index contributed by atoms with van der Waals surface area (Å²) in [4.78, 5) is 16.4. The van der Waals surface area contributed by atoms with Crippen molar-refractivity contribution in [2.45, 2.75) is 26.2 Å². The van der Waals surface area contributed by atoms with E-state index in [1.165, 1.54) is 0 Å². The zero-order valence-corrected chi connectivity index (χ0v) is 9.68. The maximum absolute atomic E-state index is 12.0. The van der Waals surface area contributed by atoms with Crippen LogP contribution in [0.3, 0.4) is 0 Å². The molecule has 2 aromatic rings. The Balaban J connectivity index is 2.60. The molecule has 0 aliphatic heterocycles. The first-order chi connectivity index (χ1) is 8.27. The lowest BCUT2D eigenvalue weighted by atomic mass is 10.3. The Morgan fingerprint density at radius 1 is 1.47 bits per heavy atom. The maximum atomic E-state index is 12.0. The molecule has 1 heterocycles. The summed E-state index contributed by atoms with van der Waals surface area (Å²) < 4.78 is 1.57. The largest absolute Gasteiger partial charge is 0.274 e. The highest BCUT2D eigenvalue weighted by molar-refractivity contribution is 5.91. The molecular formula is C13H13N3O. The summed E-state index contributed by atoms with van der Waals surface area (Å²) in [6.45, 7) is 1.96. The van der Waals surface area contributed by atoms with Crippen molar-refractivity contribution in [3.8, 4) is 6.07 Å². The molecule has 1 aromatic carbocycles. The maximum Gasteiger partial charge on any atom is 0.232 e. The molecule has 2 rings (SSSR count). The number of imidazole rings is 1. The van der Waals surface area contributed by atoms with Crippen molar-refractivity contribution in [1.29, 1.82) is 5.26 Å². The van der Waals surface area contributed by atoms with Gasteiger partial charge in [-0.3, -0.25) is 9.36 Å². The molecule has 0 radical (unpaired) electrons. The van der Waals surface area contributed by atoms with Gasteiger partial charge in [-0.2, -0.15) is 5.26 Å². The van der Waals surface area contributed by atoms with Crippen molar-refractivity contribution in [3.05, 3.63) is 30.1 Å². The van der Waals surface area contributed by atoms with Crippen molar-refractivity contribution in [1.82, 2.24) is 9.55 Å². The number of carbonyl (C=O) groups is 1. The summed E-state index contributed by atoms with van der Waals surface area (Å²) in [6.07, 6.45) is 1.42. The number of nitrogens with zero attached hydrogens (tertiary/aromatic N) is 3. The Kier molecular flexibility index (Phi) is 3.20. The van der Waals surface area contributed by atoms with Gasteiger partial charge in [0.05, 0.1) is 23.5 Å². The molecule has 0 aliphatic carbocycles. The van der Waals surface area contributed by atoms with E-state index in [-0.39, 0.29) is 12.3 Å². The topological polar surface area (TPSA) is 58.7 Å². The zero-order chi connectivity index (χ0) is 12.3. The van der Waals surface area contributed by atoms with E-state index in [4.69, 9.17) is 5.26 Å². The average molecular weight is 227 g/mol. The van der Waals surface area contributed by atoms with Gasteiger partial charge in [0.25, 0.3) is 0 Å². The van der Waals surface area contributed by atoms with Crippen molar-refractivity contribution in [2.75, 3.05) is 0 Å². The summed E-state index contributed by atoms with van der Waals surface area (Å²) in [7, 11) is 0. The third-order valence-corrected chi connectivity index (χ3v) is 2.58. The summed E-state index contributed by atoms with van der Waals surface area (Å²) in [5, 5.41) is 8.77. The van der Waals surface area contributed by atoms with Crippen LogP contribution in [0, 0.1) is 11.3 Å². The highest BCUT2D eigenvalue weighted by atomic mass is 16.2. The summed E-state index contributed by atoms with van der Waals surface area (Å²) >= 11 is 0. The van der Waals surface area contributed by atoms with E-state index in [1.54, 1.807) is 4.57 Å². The molecule has 0 unspecified atom stereocenters. The molecule has 0 N–H and O–H groups in total. The van der Waals surface area contributed by atoms with Crippen LogP contribution in [0.4, 0.5) is 0 Å². The average Bonchev–Trinajstić information content (AvgIpc) is 2.67. The van der Waals surface area contributed by atoms with Crippen LogP contribution in [0.5, 0.6) is 0 Å². The number of hydrogen-bond acceptors (Lipinski definition) is 3. The molecule has 0 aliphatic rings. The highest BCUT2D eigenvalue weighted by Gasteiger charge is 2.15. The molecule has 0 atom stereocenters. The van der Waals surface area contributed by atoms with Gasteiger partial charge in [0.2, 0.25) is 5.91 Å². The van der Waals surface area contributed by atoms with Crippen LogP contribution in [-0.4, -0.2) is 15.5 Å². The van der Waals surface area contributed by atoms with Gasteiger partial charge < -0.3 is 0 Å².